The van der Waals surface area contributed by atoms with Crippen LogP contribution in [0.25, 0.3) is 16.6 Å². The Morgan fingerprint density at radius 3 is 2.65 bits per heavy atom. The minimum absolute atomic E-state index is 0.101. The van der Waals surface area contributed by atoms with Crippen molar-refractivity contribution in [1.29, 1.82) is 0 Å². The molecule has 0 fully saturated rings. The van der Waals surface area contributed by atoms with Gasteiger partial charge < -0.3 is 10.6 Å². The van der Waals surface area contributed by atoms with Gasteiger partial charge in [0.15, 0.2) is 0 Å². The van der Waals surface area contributed by atoms with Crippen molar-refractivity contribution in [2.24, 2.45) is 24.8 Å². The lowest BCUT2D eigenvalue weighted by molar-refractivity contribution is 0.151. The number of fused-ring (bicyclic) bond motifs is 2. The molecular weight excluding hydrogens is 402 g/mol. The van der Waals surface area contributed by atoms with Crippen LogP contribution in [0.3, 0.4) is 0 Å². The zero-order valence-corrected chi connectivity index (χ0v) is 17.6. The third-order valence-corrected chi connectivity index (χ3v) is 5.78. The van der Waals surface area contributed by atoms with Crippen molar-refractivity contribution in [2.45, 2.75) is 19.3 Å². The second-order valence-electron chi connectivity index (χ2n) is 7.57. The van der Waals surface area contributed by atoms with E-state index < -0.39 is 6.43 Å². The first kappa shape index (κ1) is 20.8. The Balaban J connectivity index is 1.88. The number of nitrogens with two attached hydrogens (primary N) is 1. The molecule has 162 valence electrons. The number of hydrogen-bond donors (Lipinski definition) is 1. The molecule has 1 aliphatic rings. The minimum atomic E-state index is -2.67. The largest absolute Gasteiger partial charge is 0.404 e. The third kappa shape index (κ3) is 3.39. The molecule has 0 spiro atoms. The Morgan fingerprint density at radius 2 is 1.97 bits per heavy atom. The molecule has 0 amide bonds. The van der Waals surface area contributed by atoms with Crippen LogP contribution >= 0.6 is 0 Å². The number of alkyl halides is 2. The van der Waals surface area contributed by atoms with Gasteiger partial charge in [0.1, 0.15) is 5.82 Å². The lowest BCUT2D eigenvalue weighted by atomic mass is 9.92. The molecule has 0 radical (unpaired) electrons. The van der Waals surface area contributed by atoms with E-state index >= 15 is 0 Å². The first-order valence-corrected chi connectivity index (χ1v) is 9.95. The number of pyridine rings is 1. The molecule has 1 aliphatic heterocycles. The molecule has 0 atom stereocenters. The first-order chi connectivity index (χ1) is 14.9. The Bertz CT molecular complexity index is 1270. The van der Waals surface area contributed by atoms with Crippen molar-refractivity contribution in [3.63, 3.8) is 0 Å². The van der Waals surface area contributed by atoms with E-state index in [0.717, 1.165) is 23.9 Å². The van der Waals surface area contributed by atoms with Crippen LogP contribution in [-0.4, -0.2) is 33.9 Å². The van der Waals surface area contributed by atoms with E-state index in [1.165, 1.54) is 23.0 Å². The SMILES string of the molecule is CN=CC(=CN)c1cc2c(cc1C(F)F)N(c1cc3c(cn1)n(C)c(=O)n3C)CCC2. The summed E-state index contributed by atoms with van der Waals surface area (Å²) in [6.07, 6.45) is 3.36. The maximum atomic E-state index is 14.0. The minimum Gasteiger partial charge on any atom is -0.404 e. The van der Waals surface area contributed by atoms with Crippen molar-refractivity contribution < 1.29 is 8.78 Å². The van der Waals surface area contributed by atoms with E-state index in [-0.39, 0.29) is 11.3 Å². The van der Waals surface area contributed by atoms with Crippen LogP contribution < -0.4 is 16.3 Å². The van der Waals surface area contributed by atoms with Crippen LogP contribution in [-0.2, 0) is 20.5 Å². The molecule has 0 unspecified atom stereocenters. The Labute approximate surface area is 178 Å². The molecule has 0 bridgehead atoms. The van der Waals surface area contributed by atoms with Crippen molar-refractivity contribution in [1.82, 2.24) is 14.1 Å². The van der Waals surface area contributed by atoms with E-state index in [2.05, 4.69) is 9.98 Å². The van der Waals surface area contributed by atoms with Crippen LogP contribution in [0.4, 0.5) is 20.3 Å². The number of aromatic nitrogens is 3. The fraction of sp³-hybridized carbons (Fsp3) is 0.318. The molecule has 0 saturated carbocycles. The summed E-state index contributed by atoms with van der Waals surface area (Å²) in [6, 6.07) is 5.13. The van der Waals surface area contributed by atoms with Gasteiger partial charge in [-0.05, 0) is 36.1 Å². The highest BCUT2D eigenvalue weighted by Gasteiger charge is 2.25. The van der Waals surface area contributed by atoms with E-state index in [0.29, 0.717) is 34.7 Å². The zero-order chi connectivity index (χ0) is 22.3. The second-order valence-corrected chi connectivity index (χ2v) is 7.57. The van der Waals surface area contributed by atoms with Crippen molar-refractivity contribution in [3.8, 4) is 0 Å². The standard InChI is InChI=1S/C22H24F2N6O/c1-26-11-14(10-25)15-7-13-5-4-6-30(17(13)8-16(15)21(23)24)20-9-18-19(12-27-20)29(3)22(31)28(18)2/h7-12,21H,4-6,25H2,1-3H3. The summed E-state index contributed by atoms with van der Waals surface area (Å²) in [7, 11) is 4.97. The smallest absolute Gasteiger partial charge is 0.328 e. The number of nitrogens with zero attached hydrogens (tertiary/aromatic N) is 5. The molecule has 1 aromatic carbocycles. The average Bonchev–Trinajstić information content (AvgIpc) is 2.99. The second kappa shape index (κ2) is 7.98. The van der Waals surface area contributed by atoms with Gasteiger partial charge in [0, 0.05) is 63.0 Å². The Morgan fingerprint density at radius 1 is 1.23 bits per heavy atom. The number of halogens is 2. The molecule has 4 rings (SSSR count). The number of allylic oxidation sites excluding steroid dienone is 1. The maximum absolute atomic E-state index is 14.0. The topological polar surface area (TPSA) is 81.4 Å². The fourth-order valence-corrected chi connectivity index (χ4v) is 4.19. The number of aryl methyl sites for hydroxylation is 3. The number of imidazole rings is 1. The predicted octanol–water partition coefficient (Wildman–Crippen LogP) is 3.29. The van der Waals surface area contributed by atoms with Gasteiger partial charge in [-0.25, -0.2) is 18.6 Å². The number of aliphatic imine (C=N–C) groups is 1. The van der Waals surface area contributed by atoms with E-state index in [1.54, 1.807) is 38.0 Å². The summed E-state index contributed by atoms with van der Waals surface area (Å²) in [4.78, 5) is 22.7. The summed E-state index contributed by atoms with van der Waals surface area (Å²) in [5.74, 6) is 0.618. The van der Waals surface area contributed by atoms with Crippen LogP contribution in [0, 0.1) is 0 Å². The van der Waals surface area contributed by atoms with Crippen LogP contribution in [0.5, 0.6) is 0 Å². The number of benzene rings is 1. The highest BCUT2D eigenvalue weighted by molar-refractivity contribution is 6.10. The van der Waals surface area contributed by atoms with Gasteiger partial charge in [-0.1, -0.05) is 0 Å². The van der Waals surface area contributed by atoms with Crippen molar-refractivity contribution >= 4 is 34.3 Å². The van der Waals surface area contributed by atoms with Crippen LogP contribution in [0.2, 0.25) is 0 Å². The van der Waals surface area contributed by atoms with Crippen molar-refractivity contribution in [2.75, 3.05) is 18.5 Å². The average molecular weight is 426 g/mol. The molecule has 7 nitrogen and oxygen atoms in total. The summed E-state index contributed by atoms with van der Waals surface area (Å²) in [5, 5.41) is 0. The summed E-state index contributed by atoms with van der Waals surface area (Å²) in [5.41, 5.74) is 9.38. The maximum Gasteiger partial charge on any atom is 0.328 e. The summed E-state index contributed by atoms with van der Waals surface area (Å²) in [6.45, 7) is 0.643. The molecule has 9 heteroatoms. The molecule has 2 aromatic heterocycles. The highest BCUT2D eigenvalue weighted by atomic mass is 19.3. The number of rotatable bonds is 4. The molecule has 2 N–H and O–H groups in total. The molecule has 3 heterocycles. The van der Waals surface area contributed by atoms with Gasteiger partial charge in [0.25, 0.3) is 6.43 Å². The first-order valence-electron chi connectivity index (χ1n) is 9.95. The highest BCUT2D eigenvalue weighted by Crippen LogP contribution is 2.39. The van der Waals surface area contributed by atoms with Gasteiger partial charge in [-0.3, -0.25) is 14.1 Å². The molecule has 3 aromatic rings. The van der Waals surface area contributed by atoms with Gasteiger partial charge >= 0.3 is 5.69 Å². The van der Waals surface area contributed by atoms with Gasteiger partial charge in [-0.2, -0.15) is 0 Å². The van der Waals surface area contributed by atoms with Crippen LogP contribution in [0.15, 0.2) is 40.4 Å². The lowest BCUT2D eigenvalue weighted by Gasteiger charge is -2.32. The quantitative estimate of drug-likeness (QED) is 0.649. The Hall–Kier alpha value is -3.49. The van der Waals surface area contributed by atoms with Gasteiger partial charge in [0.05, 0.1) is 17.2 Å². The van der Waals surface area contributed by atoms with E-state index in [1.807, 2.05) is 11.0 Å². The van der Waals surface area contributed by atoms with E-state index in [9.17, 15) is 13.6 Å². The predicted molar refractivity (Wildman–Crippen MR) is 119 cm³/mol. The lowest BCUT2D eigenvalue weighted by Crippen LogP contribution is -2.26. The van der Waals surface area contributed by atoms with Crippen molar-refractivity contribution in [3.05, 3.63) is 57.8 Å². The fourth-order valence-electron chi connectivity index (χ4n) is 4.19. The number of anilines is 2. The zero-order valence-electron chi connectivity index (χ0n) is 17.6. The van der Waals surface area contributed by atoms with Crippen LogP contribution in [0.1, 0.15) is 29.5 Å². The molecule has 31 heavy (non-hydrogen) atoms. The molecule has 0 aliphatic carbocycles. The van der Waals surface area contributed by atoms with Gasteiger partial charge in [-0.15, -0.1) is 0 Å². The van der Waals surface area contributed by atoms with E-state index in [4.69, 9.17) is 5.73 Å². The number of hydrogen-bond acceptors (Lipinski definition) is 5. The Kier molecular flexibility index (Phi) is 5.34. The summed E-state index contributed by atoms with van der Waals surface area (Å²) < 4.78 is 31.1. The molecular formula is C22H24F2N6O. The normalized spacial score (nSPS) is 14.8. The van der Waals surface area contributed by atoms with Gasteiger partial charge in [0.2, 0.25) is 0 Å². The molecule has 0 saturated heterocycles. The monoisotopic (exact) mass is 426 g/mol. The third-order valence-electron chi connectivity index (χ3n) is 5.78. The summed E-state index contributed by atoms with van der Waals surface area (Å²) >= 11 is 0.